The van der Waals surface area contributed by atoms with Crippen molar-refractivity contribution < 1.29 is 9.90 Å². The zero-order valence-electron chi connectivity index (χ0n) is 18.4. The van der Waals surface area contributed by atoms with E-state index in [1.807, 2.05) is 12.1 Å². The van der Waals surface area contributed by atoms with E-state index >= 15 is 0 Å². The maximum absolute atomic E-state index is 12.2. The predicted molar refractivity (Wildman–Crippen MR) is 116 cm³/mol. The third-order valence-electron chi connectivity index (χ3n) is 5.22. The number of phenols is 1. The number of rotatable bonds is 4. The SMILES string of the molecule is CC(C)(C)c1cc(/C=N\NC(=O)CN2CCCCCC2)cc(C(C)(C)C)c1O. The number of carbonyl (C=O) groups excluding carboxylic acids is 1. The summed E-state index contributed by atoms with van der Waals surface area (Å²) in [4.78, 5) is 14.4. The molecule has 1 fully saturated rings. The largest absolute Gasteiger partial charge is 0.507 e. The highest BCUT2D eigenvalue weighted by molar-refractivity contribution is 5.84. The van der Waals surface area contributed by atoms with Crippen LogP contribution in [-0.2, 0) is 15.6 Å². The lowest BCUT2D eigenvalue weighted by molar-refractivity contribution is -0.122. The van der Waals surface area contributed by atoms with Crippen molar-refractivity contribution in [2.75, 3.05) is 19.6 Å². The van der Waals surface area contributed by atoms with E-state index in [0.717, 1.165) is 42.6 Å². The first-order chi connectivity index (χ1) is 13.0. The van der Waals surface area contributed by atoms with Crippen molar-refractivity contribution in [1.82, 2.24) is 10.3 Å². The second-order valence-electron chi connectivity index (χ2n) is 9.95. The van der Waals surface area contributed by atoms with Gasteiger partial charge in [0.25, 0.3) is 5.91 Å². The molecule has 0 bridgehead atoms. The van der Waals surface area contributed by atoms with E-state index in [1.165, 1.54) is 12.8 Å². The summed E-state index contributed by atoms with van der Waals surface area (Å²) in [5, 5.41) is 15.0. The molecular weight excluding hydrogens is 350 g/mol. The number of phenolic OH excluding ortho intramolecular Hbond substituents is 1. The quantitative estimate of drug-likeness (QED) is 0.597. The number of hydrazone groups is 1. The number of hydrogen-bond acceptors (Lipinski definition) is 4. The molecule has 1 saturated heterocycles. The first kappa shape index (κ1) is 22.4. The van der Waals surface area contributed by atoms with E-state index in [9.17, 15) is 9.90 Å². The average Bonchev–Trinajstić information content (AvgIpc) is 2.82. The molecule has 0 saturated carbocycles. The van der Waals surface area contributed by atoms with Crippen molar-refractivity contribution in [2.24, 2.45) is 5.10 Å². The molecule has 0 radical (unpaired) electrons. The van der Waals surface area contributed by atoms with Crippen LogP contribution in [0.5, 0.6) is 5.75 Å². The van der Waals surface area contributed by atoms with Crippen LogP contribution in [0.4, 0.5) is 0 Å². The standard InChI is InChI=1S/C23H37N3O2/c1-22(2,3)18-13-17(14-19(21(18)28)23(4,5)6)15-24-25-20(27)16-26-11-9-7-8-10-12-26/h13-15,28H,7-12,16H2,1-6H3,(H,25,27)/b24-15-. The van der Waals surface area contributed by atoms with Crippen LogP contribution < -0.4 is 5.43 Å². The van der Waals surface area contributed by atoms with Gasteiger partial charge in [-0.3, -0.25) is 9.69 Å². The second-order valence-corrected chi connectivity index (χ2v) is 9.95. The molecule has 156 valence electrons. The number of likely N-dealkylation sites (tertiary alicyclic amines) is 1. The Morgan fingerprint density at radius 1 is 1.04 bits per heavy atom. The fraction of sp³-hybridized carbons (Fsp3) is 0.652. The monoisotopic (exact) mass is 387 g/mol. The van der Waals surface area contributed by atoms with Gasteiger partial charge in [-0.2, -0.15) is 5.10 Å². The molecule has 5 heteroatoms. The fourth-order valence-electron chi connectivity index (χ4n) is 3.59. The molecule has 28 heavy (non-hydrogen) atoms. The van der Waals surface area contributed by atoms with Crippen molar-refractivity contribution >= 4 is 12.1 Å². The van der Waals surface area contributed by atoms with Gasteiger partial charge in [0.05, 0.1) is 12.8 Å². The van der Waals surface area contributed by atoms with Gasteiger partial charge >= 0.3 is 0 Å². The van der Waals surface area contributed by atoms with Crippen molar-refractivity contribution in [2.45, 2.75) is 78.1 Å². The molecule has 2 rings (SSSR count). The highest BCUT2D eigenvalue weighted by Gasteiger charge is 2.26. The molecule has 1 heterocycles. The van der Waals surface area contributed by atoms with Gasteiger partial charge in [0.1, 0.15) is 5.75 Å². The molecule has 0 spiro atoms. The van der Waals surface area contributed by atoms with E-state index in [0.29, 0.717) is 12.3 Å². The van der Waals surface area contributed by atoms with Gasteiger partial charge < -0.3 is 5.11 Å². The summed E-state index contributed by atoms with van der Waals surface area (Å²) < 4.78 is 0. The van der Waals surface area contributed by atoms with Crippen LogP contribution in [0.15, 0.2) is 17.2 Å². The molecule has 0 aliphatic carbocycles. The van der Waals surface area contributed by atoms with Gasteiger partial charge in [0.2, 0.25) is 0 Å². The zero-order valence-corrected chi connectivity index (χ0v) is 18.4. The van der Waals surface area contributed by atoms with Crippen LogP contribution in [0, 0.1) is 0 Å². The van der Waals surface area contributed by atoms with Gasteiger partial charge in [-0.05, 0) is 54.5 Å². The van der Waals surface area contributed by atoms with Crippen molar-refractivity contribution in [3.63, 3.8) is 0 Å². The molecule has 1 amide bonds. The lowest BCUT2D eigenvalue weighted by atomic mass is 9.78. The molecular formula is C23H37N3O2. The lowest BCUT2D eigenvalue weighted by Crippen LogP contribution is -2.35. The molecule has 1 aromatic rings. The van der Waals surface area contributed by atoms with Crippen LogP contribution in [0.3, 0.4) is 0 Å². The minimum atomic E-state index is -0.191. The van der Waals surface area contributed by atoms with Crippen LogP contribution in [-0.4, -0.2) is 41.8 Å². The number of carbonyl (C=O) groups is 1. The highest BCUT2D eigenvalue weighted by Crippen LogP contribution is 2.39. The van der Waals surface area contributed by atoms with Gasteiger partial charge in [-0.1, -0.05) is 54.4 Å². The molecule has 2 N–H and O–H groups in total. The Bertz CT molecular complexity index is 669. The Morgan fingerprint density at radius 2 is 1.54 bits per heavy atom. The van der Waals surface area contributed by atoms with E-state index in [2.05, 4.69) is 57.0 Å². The maximum Gasteiger partial charge on any atom is 0.254 e. The molecule has 5 nitrogen and oxygen atoms in total. The van der Waals surface area contributed by atoms with E-state index in [-0.39, 0.29) is 16.7 Å². The van der Waals surface area contributed by atoms with Gasteiger partial charge in [-0.15, -0.1) is 0 Å². The molecule has 0 aromatic heterocycles. The van der Waals surface area contributed by atoms with Crippen LogP contribution in [0.2, 0.25) is 0 Å². The summed E-state index contributed by atoms with van der Waals surface area (Å²) in [6, 6.07) is 3.91. The summed E-state index contributed by atoms with van der Waals surface area (Å²) >= 11 is 0. The molecule has 0 atom stereocenters. The molecule has 1 aliphatic rings. The fourth-order valence-corrected chi connectivity index (χ4v) is 3.59. The van der Waals surface area contributed by atoms with Crippen molar-refractivity contribution in [3.8, 4) is 5.75 Å². The Balaban J connectivity index is 2.12. The van der Waals surface area contributed by atoms with Crippen molar-refractivity contribution in [3.05, 3.63) is 28.8 Å². The normalized spacial score (nSPS) is 16.9. The molecule has 1 aromatic carbocycles. The number of aromatic hydroxyl groups is 1. The Hall–Kier alpha value is -1.88. The number of nitrogens with zero attached hydrogens (tertiary/aromatic N) is 2. The number of hydrogen-bond donors (Lipinski definition) is 2. The molecule has 0 unspecified atom stereocenters. The number of amides is 1. The van der Waals surface area contributed by atoms with Crippen LogP contribution in [0.25, 0.3) is 0 Å². The second kappa shape index (κ2) is 9.08. The van der Waals surface area contributed by atoms with Gasteiger partial charge in [0.15, 0.2) is 0 Å². The number of nitrogens with one attached hydrogen (secondary N) is 1. The summed E-state index contributed by atoms with van der Waals surface area (Å²) in [5.74, 6) is 0.270. The minimum Gasteiger partial charge on any atom is -0.507 e. The third kappa shape index (κ3) is 6.33. The summed E-state index contributed by atoms with van der Waals surface area (Å²) in [6.45, 7) is 14.9. The lowest BCUT2D eigenvalue weighted by Gasteiger charge is -2.27. The maximum atomic E-state index is 12.2. The number of benzene rings is 1. The van der Waals surface area contributed by atoms with Crippen LogP contribution in [0.1, 0.15) is 83.9 Å². The zero-order chi connectivity index (χ0) is 20.9. The summed E-state index contributed by atoms with van der Waals surface area (Å²) in [6.07, 6.45) is 6.50. The smallest absolute Gasteiger partial charge is 0.254 e. The highest BCUT2D eigenvalue weighted by atomic mass is 16.3. The Morgan fingerprint density at radius 3 is 2.00 bits per heavy atom. The van der Waals surface area contributed by atoms with Crippen molar-refractivity contribution in [1.29, 1.82) is 0 Å². The Labute approximate surface area is 170 Å². The van der Waals surface area contributed by atoms with E-state index in [1.54, 1.807) is 6.21 Å². The first-order valence-corrected chi connectivity index (χ1v) is 10.4. The predicted octanol–water partition coefficient (Wildman–Crippen LogP) is 4.31. The summed E-state index contributed by atoms with van der Waals surface area (Å²) in [7, 11) is 0. The molecule has 1 aliphatic heterocycles. The minimum absolute atomic E-state index is 0.0796. The Kier molecular flexibility index (Phi) is 7.27. The van der Waals surface area contributed by atoms with E-state index < -0.39 is 0 Å². The average molecular weight is 388 g/mol. The van der Waals surface area contributed by atoms with Gasteiger partial charge in [-0.25, -0.2) is 5.43 Å². The van der Waals surface area contributed by atoms with Crippen LogP contribution >= 0.6 is 0 Å². The summed E-state index contributed by atoms with van der Waals surface area (Å²) in [5.41, 5.74) is 4.93. The third-order valence-corrected chi connectivity index (χ3v) is 5.22. The topological polar surface area (TPSA) is 64.9 Å². The van der Waals surface area contributed by atoms with Gasteiger partial charge in [0, 0.05) is 11.1 Å². The first-order valence-electron chi connectivity index (χ1n) is 10.4. The van der Waals surface area contributed by atoms with E-state index in [4.69, 9.17) is 0 Å².